The van der Waals surface area contributed by atoms with Gasteiger partial charge >= 0.3 is 17.9 Å². The van der Waals surface area contributed by atoms with Crippen molar-refractivity contribution in [1.29, 1.82) is 0 Å². The average molecular weight is 613 g/mol. The third-order valence-electron chi connectivity index (χ3n) is 12.3. The summed E-state index contributed by atoms with van der Waals surface area (Å²) in [5, 5.41) is 0. The first-order valence-electron chi connectivity index (χ1n) is 16.8. The Labute approximate surface area is 267 Å². The van der Waals surface area contributed by atoms with E-state index in [9.17, 15) is 14.4 Å². The molecule has 2 aromatic rings. The molecule has 240 valence electrons. The van der Waals surface area contributed by atoms with E-state index in [1.165, 1.54) is 23.6 Å². The highest BCUT2D eigenvalue weighted by molar-refractivity contribution is 5.92. The molecule has 2 fully saturated rings. The van der Waals surface area contributed by atoms with Gasteiger partial charge in [-0.05, 0) is 141 Å². The van der Waals surface area contributed by atoms with Crippen molar-refractivity contribution in [3.05, 3.63) is 71.0 Å². The quantitative estimate of drug-likeness (QED) is 0.146. The van der Waals surface area contributed by atoms with Gasteiger partial charge in [0.15, 0.2) is 0 Å². The summed E-state index contributed by atoms with van der Waals surface area (Å²) in [6.07, 6.45) is 8.49. The van der Waals surface area contributed by atoms with Gasteiger partial charge in [-0.1, -0.05) is 45.4 Å². The number of aryl methyl sites for hydroxylation is 2. The maximum atomic E-state index is 14.3. The Balaban J connectivity index is 1.26. The van der Waals surface area contributed by atoms with E-state index in [-0.39, 0.29) is 40.6 Å². The van der Waals surface area contributed by atoms with Crippen LogP contribution in [0.25, 0.3) is 0 Å². The Morgan fingerprint density at radius 1 is 0.689 bits per heavy atom. The van der Waals surface area contributed by atoms with Crippen molar-refractivity contribution < 1.29 is 28.6 Å². The first kappa shape index (κ1) is 31.6. The Bertz CT molecular complexity index is 1460. The molecule has 4 aliphatic rings. The molecule has 45 heavy (non-hydrogen) atoms. The molecule has 0 aliphatic heterocycles. The molecule has 0 radical (unpaired) electrons. The molecule has 6 rings (SSSR count). The van der Waals surface area contributed by atoms with Crippen LogP contribution in [0, 0.1) is 22.7 Å². The molecular formula is C39H48O6. The SMILES string of the molecule is C=C(C)Oc1ccc2c(c1)[C@@]1(C)CCC[C@](C)(C(=O)OC(=O)[C@@]3(C)CCC[C@]4(C)c5cc(OC(C)=O)ccc5CC[C@@H]34)[C@@H]1CC2. The van der Waals surface area contributed by atoms with Crippen LogP contribution in [0.2, 0.25) is 0 Å². The van der Waals surface area contributed by atoms with Gasteiger partial charge < -0.3 is 14.2 Å². The topological polar surface area (TPSA) is 78.9 Å². The normalized spacial score (nSPS) is 33.4. The summed E-state index contributed by atoms with van der Waals surface area (Å²) in [6, 6.07) is 12.2. The largest absolute Gasteiger partial charge is 0.463 e. The van der Waals surface area contributed by atoms with E-state index < -0.39 is 10.8 Å². The van der Waals surface area contributed by atoms with Gasteiger partial charge in [0, 0.05) is 6.92 Å². The molecule has 6 atom stereocenters. The number of hydrogen-bond donors (Lipinski definition) is 0. The van der Waals surface area contributed by atoms with Crippen LogP contribution in [0.4, 0.5) is 0 Å². The number of rotatable bonds is 5. The third-order valence-corrected chi connectivity index (χ3v) is 12.3. The number of carbonyl (C=O) groups is 3. The van der Waals surface area contributed by atoms with Crippen LogP contribution in [-0.2, 0) is 42.8 Å². The minimum absolute atomic E-state index is 0.0110. The van der Waals surface area contributed by atoms with Gasteiger partial charge in [-0.3, -0.25) is 14.4 Å². The van der Waals surface area contributed by atoms with Crippen LogP contribution in [0.15, 0.2) is 48.7 Å². The Morgan fingerprint density at radius 2 is 1.13 bits per heavy atom. The van der Waals surface area contributed by atoms with Gasteiger partial charge in [0.05, 0.1) is 16.6 Å². The van der Waals surface area contributed by atoms with Crippen LogP contribution < -0.4 is 9.47 Å². The number of hydrogen-bond acceptors (Lipinski definition) is 6. The molecule has 0 heterocycles. The molecule has 4 aliphatic carbocycles. The van der Waals surface area contributed by atoms with E-state index in [0.717, 1.165) is 62.7 Å². The summed E-state index contributed by atoms with van der Waals surface area (Å²) in [5.74, 6) is 0.908. The minimum atomic E-state index is -0.792. The predicted molar refractivity (Wildman–Crippen MR) is 173 cm³/mol. The first-order valence-corrected chi connectivity index (χ1v) is 16.8. The number of benzene rings is 2. The standard InChI is InChI=1S/C39H48O6/c1-24(2)43-28-14-10-26-12-16-32-36(4,30(26)22-28)18-8-20-38(32,6)34(41)45-35(42)39(7)21-9-19-37(5)31-23-29(44-25(3)40)15-11-27(31)13-17-33(37)39/h10-11,14-15,22-23,32-33H,1,8-9,12-13,16-21H2,2-7H3/t32-,33-,36-,37-,38+,39+/m1/s1. The summed E-state index contributed by atoms with van der Waals surface area (Å²) < 4.78 is 17.4. The van der Waals surface area contributed by atoms with Crippen molar-refractivity contribution in [2.24, 2.45) is 22.7 Å². The lowest BCUT2D eigenvalue weighted by atomic mass is 9.49. The summed E-state index contributed by atoms with van der Waals surface area (Å²) in [4.78, 5) is 40.3. The Kier molecular flexibility index (Phi) is 7.81. The molecule has 0 bridgehead atoms. The fourth-order valence-corrected chi connectivity index (χ4v) is 10.2. The lowest BCUT2D eigenvalue weighted by Crippen LogP contribution is -2.56. The smallest absolute Gasteiger partial charge is 0.319 e. The van der Waals surface area contributed by atoms with Crippen LogP contribution in [0.1, 0.15) is 115 Å². The molecule has 0 N–H and O–H groups in total. The maximum Gasteiger partial charge on any atom is 0.319 e. The van der Waals surface area contributed by atoms with Crippen molar-refractivity contribution in [3.8, 4) is 11.5 Å². The molecule has 2 aromatic carbocycles. The lowest BCUT2D eigenvalue weighted by Gasteiger charge is -2.55. The summed E-state index contributed by atoms with van der Waals surface area (Å²) in [5.41, 5.74) is 2.86. The van der Waals surface area contributed by atoms with Crippen molar-refractivity contribution in [3.63, 3.8) is 0 Å². The van der Waals surface area contributed by atoms with Crippen molar-refractivity contribution in [1.82, 2.24) is 0 Å². The molecule has 2 saturated carbocycles. The third kappa shape index (κ3) is 5.13. The molecular weight excluding hydrogens is 564 g/mol. The van der Waals surface area contributed by atoms with Crippen LogP contribution in [-0.4, -0.2) is 17.9 Å². The van der Waals surface area contributed by atoms with E-state index >= 15 is 0 Å². The fraction of sp³-hybridized carbons (Fsp3) is 0.564. The van der Waals surface area contributed by atoms with Crippen LogP contribution >= 0.6 is 0 Å². The zero-order valence-corrected chi connectivity index (χ0v) is 27.8. The zero-order chi connectivity index (χ0) is 32.4. The van der Waals surface area contributed by atoms with Gasteiger partial charge in [-0.2, -0.15) is 0 Å². The highest BCUT2D eigenvalue weighted by Gasteiger charge is 2.59. The van der Waals surface area contributed by atoms with Gasteiger partial charge in [-0.25, -0.2) is 0 Å². The number of allylic oxidation sites excluding steroid dienone is 1. The second-order valence-corrected chi connectivity index (χ2v) is 15.3. The Morgan fingerprint density at radius 3 is 1.56 bits per heavy atom. The summed E-state index contributed by atoms with van der Waals surface area (Å²) >= 11 is 0. The van der Waals surface area contributed by atoms with E-state index in [1.54, 1.807) is 0 Å². The lowest BCUT2D eigenvalue weighted by molar-refractivity contribution is -0.184. The van der Waals surface area contributed by atoms with E-state index in [4.69, 9.17) is 14.2 Å². The maximum absolute atomic E-state index is 14.3. The second-order valence-electron chi connectivity index (χ2n) is 15.3. The fourth-order valence-electron chi connectivity index (χ4n) is 10.2. The molecule has 0 amide bonds. The molecule has 0 aromatic heterocycles. The van der Waals surface area contributed by atoms with Crippen LogP contribution in [0.3, 0.4) is 0 Å². The van der Waals surface area contributed by atoms with Gasteiger partial charge in [-0.15, -0.1) is 0 Å². The zero-order valence-electron chi connectivity index (χ0n) is 27.8. The van der Waals surface area contributed by atoms with Crippen molar-refractivity contribution >= 4 is 17.9 Å². The molecule has 6 nitrogen and oxygen atoms in total. The van der Waals surface area contributed by atoms with Crippen LogP contribution in [0.5, 0.6) is 11.5 Å². The minimum Gasteiger partial charge on any atom is -0.463 e. The van der Waals surface area contributed by atoms with E-state index in [0.29, 0.717) is 24.4 Å². The highest BCUT2D eigenvalue weighted by Crippen LogP contribution is 2.60. The number of ether oxygens (including phenoxy) is 3. The summed E-state index contributed by atoms with van der Waals surface area (Å²) in [6.45, 7) is 15.7. The van der Waals surface area contributed by atoms with Gasteiger partial charge in [0.1, 0.15) is 11.5 Å². The number of esters is 3. The monoisotopic (exact) mass is 612 g/mol. The molecule has 0 spiro atoms. The number of carbonyl (C=O) groups excluding carboxylic acids is 3. The second kappa shape index (κ2) is 11.1. The molecule has 6 heteroatoms. The average Bonchev–Trinajstić information content (AvgIpc) is 2.97. The molecule has 0 saturated heterocycles. The first-order chi connectivity index (χ1) is 21.2. The molecule has 0 unspecified atom stereocenters. The summed E-state index contributed by atoms with van der Waals surface area (Å²) in [7, 11) is 0. The van der Waals surface area contributed by atoms with Gasteiger partial charge in [0.2, 0.25) is 0 Å². The van der Waals surface area contributed by atoms with Crippen molar-refractivity contribution in [2.75, 3.05) is 0 Å². The van der Waals surface area contributed by atoms with Gasteiger partial charge in [0.25, 0.3) is 0 Å². The Hall–Kier alpha value is -3.41. The predicted octanol–water partition coefficient (Wildman–Crippen LogP) is 8.31. The highest BCUT2D eigenvalue weighted by atomic mass is 16.6. The van der Waals surface area contributed by atoms with E-state index in [2.05, 4.69) is 38.6 Å². The number of fused-ring (bicyclic) bond motifs is 6. The van der Waals surface area contributed by atoms with E-state index in [1.807, 2.05) is 39.0 Å². The van der Waals surface area contributed by atoms with Crippen molar-refractivity contribution in [2.45, 2.75) is 117 Å².